The lowest BCUT2D eigenvalue weighted by Crippen LogP contribution is -2.24. The maximum Gasteiger partial charge on any atom is 0.306 e. The van der Waals surface area contributed by atoms with Crippen molar-refractivity contribution < 1.29 is 9.90 Å². The van der Waals surface area contributed by atoms with Gasteiger partial charge in [-0.15, -0.1) is 0 Å². The Morgan fingerprint density at radius 2 is 2.44 bits per heavy atom. The summed E-state index contributed by atoms with van der Waals surface area (Å²) in [7, 11) is 0. The molecule has 1 fully saturated rings. The highest BCUT2D eigenvalue weighted by Gasteiger charge is 2.32. The maximum atomic E-state index is 11.1. The third kappa shape index (κ3) is 2.59. The van der Waals surface area contributed by atoms with Crippen LogP contribution < -0.4 is 5.32 Å². The molecule has 0 aromatic carbocycles. The second kappa shape index (κ2) is 5.50. The highest BCUT2D eigenvalue weighted by atomic mass is 16.4. The van der Waals surface area contributed by atoms with E-state index in [2.05, 4.69) is 16.4 Å². The molecule has 1 aliphatic rings. The quantitative estimate of drug-likeness (QED) is 0.845. The van der Waals surface area contributed by atoms with Crippen molar-refractivity contribution in [3.63, 3.8) is 0 Å². The van der Waals surface area contributed by atoms with Gasteiger partial charge in [0.05, 0.1) is 11.5 Å². The average Bonchev–Trinajstić information content (AvgIpc) is 2.85. The fourth-order valence-corrected chi connectivity index (χ4v) is 2.47. The SMILES string of the molecule is N#Cc1cccnc1NCC1CCCC1C(=O)O. The maximum absolute atomic E-state index is 11.1. The zero-order chi connectivity index (χ0) is 13.0. The van der Waals surface area contributed by atoms with E-state index in [9.17, 15) is 4.79 Å². The Hall–Kier alpha value is -2.09. The lowest BCUT2D eigenvalue weighted by molar-refractivity contribution is -0.142. The number of hydrogen-bond acceptors (Lipinski definition) is 4. The topological polar surface area (TPSA) is 86.0 Å². The molecule has 5 nitrogen and oxygen atoms in total. The summed E-state index contributed by atoms with van der Waals surface area (Å²) in [4.78, 5) is 15.2. The molecule has 1 saturated carbocycles. The monoisotopic (exact) mass is 245 g/mol. The highest BCUT2D eigenvalue weighted by molar-refractivity contribution is 5.70. The Morgan fingerprint density at radius 3 is 3.17 bits per heavy atom. The molecule has 1 heterocycles. The number of aromatic nitrogens is 1. The van der Waals surface area contributed by atoms with Gasteiger partial charge in [-0.3, -0.25) is 4.79 Å². The van der Waals surface area contributed by atoms with Gasteiger partial charge >= 0.3 is 5.97 Å². The van der Waals surface area contributed by atoms with Crippen molar-refractivity contribution in [2.75, 3.05) is 11.9 Å². The number of nitriles is 1. The van der Waals surface area contributed by atoms with E-state index in [4.69, 9.17) is 10.4 Å². The molecule has 0 saturated heterocycles. The van der Waals surface area contributed by atoms with Gasteiger partial charge in [-0.25, -0.2) is 4.98 Å². The number of carboxylic acids is 1. The molecule has 2 N–H and O–H groups in total. The molecule has 0 bridgehead atoms. The Kier molecular flexibility index (Phi) is 3.78. The van der Waals surface area contributed by atoms with Gasteiger partial charge in [0.1, 0.15) is 11.9 Å². The molecule has 0 radical (unpaired) electrons. The van der Waals surface area contributed by atoms with Gasteiger partial charge in [0, 0.05) is 12.7 Å². The standard InChI is InChI=1S/C13H15N3O2/c14-7-9-4-2-6-15-12(9)16-8-10-3-1-5-11(10)13(17)18/h2,4,6,10-11H,1,3,5,8H2,(H,15,16)(H,17,18). The van der Waals surface area contributed by atoms with E-state index in [-0.39, 0.29) is 11.8 Å². The molecular weight excluding hydrogens is 230 g/mol. The summed E-state index contributed by atoms with van der Waals surface area (Å²) >= 11 is 0. The van der Waals surface area contributed by atoms with Crippen LogP contribution in [0.2, 0.25) is 0 Å². The van der Waals surface area contributed by atoms with Gasteiger partial charge in [-0.05, 0) is 30.9 Å². The fourth-order valence-electron chi connectivity index (χ4n) is 2.47. The van der Waals surface area contributed by atoms with Crippen molar-refractivity contribution in [1.29, 1.82) is 5.26 Å². The van der Waals surface area contributed by atoms with E-state index in [1.807, 2.05) is 0 Å². The lowest BCUT2D eigenvalue weighted by Gasteiger charge is -2.16. The van der Waals surface area contributed by atoms with E-state index in [0.717, 1.165) is 19.3 Å². The number of nitrogens with zero attached hydrogens (tertiary/aromatic N) is 2. The zero-order valence-electron chi connectivity index (χ0n) is 9.97. The van der Waals surface area contributed by atoms with Crippen molar-refractivity contribution in [1.82, 2.24) is 4.98 Å². The summed E-state index contributed by atoms with van der Waals surface area (Å²) in [5.41, 5.74) is 0.488. The molecule has 0 amide bonds. The first-order valence-electron chi connectivity index (χ1n) is 6.04. The largest absolute Gasteiger partial charge is 0.481 e. The van der Waals surface area contributed by atoms with Crippen molar-refractivity contribution in [3.05, 3.63) is 23.9 Å². The Balaban J connectivity index is 1.99. The molecule has 2 rings (SSSR count). The molecular formula is C13H15N3O2. The fraction of sp³-hybridized carbons (Fsp3) is 0.462. The summed E-state index contributed by atoms with van der Waals surface area (Å²) in [6.07, 6.45) is 4.23. The molecule has 18 heavy (non-hydrogen) atoms. The second-order valence-corrected chi connectivity index (χ2v) is 4.53. The molecule has 2 unspecified atom stereocenters. The lowest BCUT2D eigenvalue weighted by atomic mass is 9.96. The van der Waals surface area contributed by atoms with Crippen molar-refractivity contribution in [2.24, 2.45) is 11.8 Å². The van der Waals surface area contributed by atoms with Crippen LogP contribution in [0.15, 0.2) is 18.3 Å². The minimum absolute atomic E-state index is 0.121. The number of carbonyl (C=O) groups is 1. The smallest absolute Gasteiger partial charge is 0.306 e. The van der Waals surface area contributed by atoms with Gasteiger partial charge in [-0.2, -0.15) is 5.26 Å². The Bertz CT molecular complexity index is 481. The molecule has 0 spiro atoms. The Labute approximate surface area is 105 Å². The van der Waals surface area contributed by atoms with Crippen LogP contribution in [0, 0.1) is 23.2 Å². The Morgan fingerprint density at radius 1 is 1.61 bits per heavy atom. The van der Waals surface area contributed by atoms with Gasteiger partial charge in [0.2, 0.25) is 0 Å². The van der Waals surface area contributed by atoms with Gasteiger partial charge < -0.3 is 10.4 Å². The molecule has 0 aliphatic heterocycles. The summed E-state index contributed by atoms with van der Waals surface area (Å²) in [5, 5.41) is 21.1. The normalized spacial score (nSPS) is 22.4. The first kappa shape index (κ1) is 12.4. The molecule has 1 aliphatic carbocycles. The van der Waals surface area contributed by atoms with Crippen molar-refractivity contribution >= 4 is 11.8 Å². The summed E-state index contributed by atoms with van der Waals surface area (Å²) < 4.78 is 0. The summed E-state index contributed by atoms with van der Waals surface area (Å²) in [6, 6.07) is 5.46. The molecule has 94 valence electrons. The minimum atomic E-state index is -0.721. The van der Waals surface area contributed by atoms with Gasteiger partial charge in [-0.1, -0.05) is 6.42 Å². The van der Waals surface area contributed by atoms with E-state index < -0.39 is 5.97 Å². The van der Waals surface area contributed by atoms with Crippen molar-refractivity contribution in [3.8, 4) is 6.07 Å². The van der Waals surface area contributed by atoms with E-state index in [1.54, 1.807) is 18.3 Å². The number of anilines is 1. The van der Waals surface area contributed by atoms with Crippen LogP contribution >= 0.6 is 0 Å². The van der Waals surface area contributed by atoms with E-state index in [0.29, 0.717) is 17.9 Å². The van der Waals surface area contributed by atoms with Gasteiger partial charge in [0.25, 0.3) is 0 Å². The molecule has 1 aromatic heterocycles. The molecule has 1 aromatic rings. The summed E-state index contributed by atoms with van der Waals surface area (Å²) in [6.45, 7) is 0.558. The van der Waals surface area contributed by atoms with Crippen LogP contribution in [0.5, 0.6) is 0 Å². The van der Waals surface area contributed by atoms with Crippen LogP contribution in [0.4, 0.5) is 5.82 Å². The van der Waals surface area contributed by atoms with Crippen LogP contribution in [0.3, 0.4) is 0 Å². The highest BCUT2D eigenvalue weighted by Crippen LogP contribution is 2.32. The number of hydrogen-bond donors (Lipinski definition) is 2. The zero-order valence-corrected chi connectivity index (χ0v) is 9.97. The predicted octanol–water partition coefficient (Wildman–Crippen LogP) is 1.87. The van der Waals surface area contributed by atoms with Crippen LogP contribution in [0.25, 0.3) is 0 Å². The molecule has 5 heteroatoms. The predicted molar refractivity (Wildman–Crippen MR) is 65.9 cm³/mol. The third-order valence-corrected chi connectivity index (χ3v) is 3.44. The van der Waals surface area contributed by atoms with E-state index in [1.165, 1.54) is 0 Å². The molecule has 2 atom stereocenters. The van der Waals surface area contributed by atoms with Crippen LogP contribution in [0.1, 0.15) is 24.8 Å². The average molecular weight is 245 g/mol. The van der Waals surface area contributed by atoms with Gasteiger partial charge in [0.15, 0.2) is 0 Å². The van der Waals surface area contributed by atoms with Crippen molar-refractivity contribution in [2.45, 2.75) is 19.3 Å². The number of aliphatic carboxylic acids is 1. The first-order valence-corrected chi connectivity index (χ1v) is 6.04. The number of pyridine rings is 1. The van der Waals surface area contributed by atoms with E-state index >= 15 is 0 Å². The second-order valence-electron chi connectivity index (χ2n) is 4.53. The van der Waals surface area contributed by atoms with Crippen LogP contribution in [-0.2, 0) is 4.79 Å². The minimum Gasteiger partial charge on any atom is -0.481 e. The number of rotatable bonds is 4. The number of nitrogens with one attached hydrogen (secondary N) is 1. The first-order chi connectivity index (χ1) is 8.72. The third-order valence-electron chi connectivity index (χ3n) is 3.44. The summed E-state index contributed by atoms with van der Waals surface area (Å²) in [5.74, 6) is -0.334. The van der Waals surface area contributed by atoms with Crippen LogP contribution in [-0.4, -0.2) is 22.6 Å². The number of carboxylic acid groups (broad SMARTS) is 1.